The van der Waals surface area contributed by atoms with Crippen LogP contribution in [0.25, 0.3) is 0 Å². The van der Waals surface area contributed by atoms with Crippen LogP contribution in [0, 0.1) is 0 Å². The van der Waals surface area contributed by atoms with Gasteiger partial charge in [0.25, 0.3) is 0 Å². The maximum absolute atomic E-state index is 12.5. The third-order valence-corrected chi connectivity index (χ3v) is 9.46. The molecular formula is C38H72NO10P. The fourth-order valence-electron chi connectivity index (χ4n) is 5.35. The molecule has 4 N–H and O–H groups in total. The number of carboxylic acid groups (broad SMARTS) is 1. The third kappa shape index (κ3) is 33.4. The molecule has 0 bridgehead atoms. The maximum Gasteiger partial charge on any atom is 0.472 e. The van der Waals surface area contributed by atoms with Crippen LogP contribution in [0.15, 0.2) is 12.2 Å². The second-order valence-corrected chi connectivity index (χ2v) is 14.9. The predicted octanol–water partition coefficient (Wildman–Crippen LogP) is 9.73. The van der Waals surface area contributed by atoms with Crippen LogP contribution in [0.1, 0.15) is 181 Å². The normalized spacial score (nSPS) is 14.0. The first-order valence-electron chi connectivity index (χ1n) is 19.7. The maximum atomic E-state index is 12.5. The lowest BCUT2D eigenvalue weighted by atomic mass is 10.1. The van der Waals surface area contributed by atoms with Crippen molar-refractivity contribution in [3.8, 4) is 0 Å². The van der Waals surface area contributed by atoms with Crippen LogP contribution < -0.4 is 5.73 Å². The average molecular weight is 734 g/mol. The van der Waals surface area contributed by atoms with Gasteiger partial charge in [0.2, 0.25) is 0 Å². The number of nitrogens with two attached hydrogens (primary N) is 1. The van der Waals surface area contributed by atoms with Crippen LogP contribution >= 0.6 is 7.82 Å². The van der Waals surface area contributed by atoms with Crippen molar-refractivity contribution in [2.75, 3.05) is 19.8 Å². The van der Waals surface area contributed by atoms with Crippen molar-refractivity contribution >= 4 is 25.7 Å². The van der Waals surface area contributed by atoms with Crippen LogP contribution in [-0.2, 0) is 37.5 Å². The molecule has 11 nitrogen and oxygen atoms in total. The van der Waals surface area contributed by atoms with Crippen molar-refractivity contribution in [1.29, 1.82) is 0 Å². The summed E-state index contributed by atoms with van der Waals surface area (Å²) in [6.07, 6.45) is 31.5. The second kappa shape index (κ2) is 34.3. The molecule has 12 heteroatoms. The van der Waals surface area contributed by atoms with Crippen molar-refractivity contribution in [1.82, 2.24) is 0 Å². The van der Waals surface area contributed by atoms with E-state index >= 15 is 0 Å². The number of phosphoric ester groups is 1. The van der Waals surface area contributed by atoms with E-state index in [1.54, 1.807) is 0 Å². The highest BCUT2D eigenvalue weighted by molar-refractivity contribution is 7.47. The van der Waals surface area contributed by atoms with Crippen LogP contribution in [0.4, 0.5) is 0 Å². The van der Waals surface area contributed by atoms with Crippen molar-refractivity contribution in [3.05, 3.63) is 12.2 Å². The molecule has 0 amide bonds. The summed E-state index contributed by atoms with van der Waals surface area (Å²) in [6, 6.07) is -1.52. The number of aliphatic carboxylic acids is 1. The Morgan fingerprint density at radius 2 is 1.00 bits per heavy atom. The first-order chi connectivity index (χ1) is 24.1. The Hall–Kier alpha value is -1.78. The quantitative estimate of drug-likeness (QED) is 0.0240. The van der Waals surface area contributed by atoms with E-state index in [9.17, 15) is 23.8 Å². The molecule has 0 saturated carbocycles. The van der Waals surface area contributed by atoms with Gasteiger partial charge in [0.05, 0.1) is 13.2 Å². The predicted molar refractivity (Wildman–Crippen MR) is 199 cm³/mol. The zero-order valence-corrected chi connectivity index (χ0v) is 32.4. The molecule has 0 radical (unpaired) electrons. The molecule has 0 saturated heterocycles. The zero-order valence-electron chi connectivity index (χ0n) is 31.5. The van der Waals surface area contributed by atoms with E-state index in [0.717, 1.165) is 44.9 Å². The van der Waals surface area contributed by atoms with Gasteiger partial charge in [-0.1, -0.05) is 142 Å². The van der Waals surface area contributed by atoms with E-state index in [4.69, 9.17) is 24.8 Å². The number of carbonyl (C=O) groups is 3. The summed E-state index contributed by atoms with van der Waals surface area (Å²) in [4.78, 5) is 45.7. The average Bonchev–Trinajstić information content (AvgIpc) is 3.09. The molecule has 1 unspecified atom stereocenters. The Kier molecular flexibility index (Phi) is 33.1. The van der Waals surface area contributed by atoms with Gasteiger partial charge in [-0.25, -0.2) is 4.57 Å². The molecule has 0 heterocycles. The number of unbranched alkanes of at least 4 members (excludes halogenated alkanes) is 21. The van der Waals surface area contributed by atoms with Gasteiger partial charge < -0.3 is 25.2 Å². The van der Waals surface area contributed by atoms with Gasteiger partial charge in [-0.2, -0.15) is 0 Å². The largest absolute Gasteiger partial charge is 0.480 e. The first kappa shape index (κ1) is 48.2. The van der Waals surface area contributed by atoms with Gasteiger partial charge in [0.1, 0.15) is 12.6 Å². The summed E-state index contributed by atoms with van der Waals surface area (Å²) in [6.45, 7) is 2.76. The molecule has 294 valence electrons. The summed E-state index contributed by atoms with van der Waals surface area (Å²) in [5, 5.41) is 8.85. The number of rotatable bonds is 37. The molecule has 0 aliphatic rings. The van der Waals surface area contributed by atoms with Crippen molar-refractivity contribution in [3.63, 3.8) is 0 Å². The molecule has 50 heavy (non-hydrogen) atoms. The highest BCUT2D eigenvalue weighted by Crippen LogP contribution is 2.43. The minimum Gasteiger partial charge on any atom is -0.480 e. The van der Waals surface area contributed by atoms with Crippen LogP contribution in [0.2, 0.25) is 0 Å². The smallest absolute Gasteiger partial charge is 0.472 e. The number of carbonyl (C=O) groups excluding carboxylic acids is 2. The van der Waals surface area contributed by atoms with E-state index in [1.807, 2.05) is 0 Å². The summed E-state index contributed by atoms with van der Waals surface area (Å²) in [7, 11) is -4.70. The van der Waals surface area contributed by atoms with Gasteiger partial charge in [-0.05, 0) is 38.5 Å². The van der Waals surface area contributed by atoms with Gasteiger partial charge in [-0.15, -0.1) is 0 Å². The summed E-state index contributed by atoms with van der Waals surface area (Å²) < 4.78 is 32.5. The van der Waals surface area contributed by atoms with Crippen LogP contribution in [0.3, 0.4) is 0 Å². The lowest BCUT2D eigenvalue weighted by Gasteiger charge is -2.20. The van der Waals surface area contributed by atoms with Crippen molar-refractivity contribution < 1.29 is 47.5 Å². The van der Waals surface area contributed by atoms with Crippen molar-refractivity contribution in [2.24, 2.45) is 5.73 Å². The Labute approximate surface area is 303 Å². The Morgan fingerprint density at radius 1 is 0.600 bits per heavy atom. The van der Waals surface area contributed by atoms with Crippen LogP contribution in [-0.4, -0.2) is 59.9 Å². The first-order valence-corrected chi connectivity index (χ1v) is 21.2. The molecule has 0 aromatic heterocycles. The Bertz CT molecular complexity index is 916. The van der Waals surface area contributed by atoms with Crippen LogP contribution in [0.5, 0.6) is 0 Å². The summed E-state index contributed by atoms with van der Waals surface area (Å²) >= 11 is 0. The van der Waals surface area contributed by atoms with E-state index in [0.29, 0.717) is 12.8 Å². The number of hydrogen-bond acceptors (Lipinski definition) is 9. The lowest BCUT2D eigenvalue weighted by Crippen LogP contribution is -2.34. The monoisotopic (exact) mass is 733 g/mol. The van der Waals surface area contributed by atoms with Gasteiger partial charge >= 0.3 is 25.7 Å². The molecule has 0 rings (SSSR count). The highest BCUT2D eigenvalue weighted by atomic mass is 31.2. The second-order valence-electron chi connectivity index (χ2n) is 13.4. The molecule has 0 aliphatic carbocycles. The van der Waals surface area contributed by atoms with Gasteiger partial charge in [0.15, 0.2) is 6.10 Å². The molecule has 0 spiro atoms. The Balaban J connectivity index is 4.33. The molecule has 0 aliphatic heterocycles. The fourth-order valence-corrected chi connectivity index (χ4v) is 6.13. The SMILES string of the molecule is CCCCCCCC/C=C/CCCCCCCCCC(=O)OC[C@@H](COP(=O)(O)OC[C@@H](N)C(=O)O)OC(=O)CCCCCCCCCCC. The summed E-state index contributed by atoms with van der Waals surface area (Å²) in [5.74, 6) is -2.38. The number of ether oxygens (including phenoxy) is 2. The Morgan fingerprint density at radius 3 is 1.46 bits per heavy atom. The fraction of sp³-hybridized carbons (Fsp3) is 0.868. The highest BCUT2D eigenvalue weighted by Gasteiger charge is 2.28. The minimum atomic E-state index is -4.70. The minimum absolute atomic E-state index is 0.164. The van der Waals surface area contributed by atoms with Crippen molar-refractivity contribution in [2.45, 2.75) is 193 Å². The molecule has 0 aromatic rings. The van der Waals surface area contributed by atoms with E-state index < -0.39 is 51.1 Å². The van der Waals surface area contributed by atoms with Gasteiger partial charge in [0, 0.05) is 12.8 Å². The third-order valence-electron chi connectivity index (χ3n) is 8.51. The molecule has 0 fully saturated rings. The molecule has 3 atom stereocenters. The number of carboxylic acids is 1. The molecular weight excluding hydrogens is 661 g/mol. The number of allylic oxidation sites excluding steroid dienone is 2. The number of phosphoric acid groups is 1. The lowest BCUT2D eigenvalue weighted by molar-refractivity contribution is -0.161. The number of hydrogen-bond donors (Lipinski definition) is 3. The van der Waals surface area contributed by atoms with E-state index in [-0.39, 0.29) is 19.4 Å². The number of esters is 2. The van der Waals surface area contributed by atoms with Gasteiger partial charge in [-0.3, -0.25) is 23.4 Å². The molecule has 0 aromatic carbocycles. The summed E-state index contributed by atoms with van der Waals surface area (Å²) in [5.41, 5.74) is 5.31. The standard InChI is InChI=1S/C38H72NO10P/c1-3-5-7-9-11-13-14-15-16-17-18-19-20-22-23-25-27-29-36(40)46-31-34(32-47-50(44,45)48-33-35(39)38(42)43)49-37(41)30-28-26-24-21-12-10-8-6-4-2/h15-16,34-35H,3-14,17-33,39H2,1-2H3,(H,42,43)(H,44,45)/b16-15+/t34-,35+/m0/s1. The van der Waals surface area contributed by atoms with E-state index in [1.165, 1.54) is 96.3 Å². The zero-order chi connectivity index (χ0) is 37.1. The van der Waals surface area contributed by atoms with E-state index in [2.05, 4.69) is 30.5 Å². The topological polar surface area (TPSA) is 172 Å².